The third-order valence-corrected chi connectivity index (χ3v) is 8.17. The Balaban J connectivity index is 1.44. The number of fused-ring (bicyclic) bond motifs is 2. The maximum atomic E-state index is 6.48. The van der Waals surface area contributed by atoms with Gasteiger partial charge in [-0.1, -0.05) is 92.7 Å². The SMILES string of the molecule is CC1(C)c2ccccc2C(c2cccc(Oc3cccc(-c4ncc[nH]4)c3)c2)(c2ccccn2)c2ccccc21. The minimum Gasteiger partial charge on any atom is -0.457 e. The first kappa shape index (κ1) is 24.1. The average molecular weight is 520 g/mol. The Morgan fingerprint density at radius 1 is 0.600 bits per heavy atom. The molecule has 1 aliphatic carbocycles. The van der Waals surface area contributed by atoms with Gasteiger partial charge >= 0.3 is 0 Å². The highest BCUT2D eigenvalue weighted by atomic mass is 16.5. The number of hydrogen-bond acceptors (Lipinski definition) is 3. The van der Waals surface area contributed by atoms with Crippen LogP contribution < -0.4 is 4.74 Å². The van der Waals surface area contributed by atoms with E-state index in [-0.39, 0.29) is 5.41 Å². The molecule has 0 saturated heterocycles. The standard InChI is InChI=1S/C36H29N3O/c1-35(2)29-15-3-5-17-31(29)36(33-19-7-8-20-37-33,32-18-6-4-16-30(32)35)26-12-10-14-28(24-26)40-27-13-9-11-25(23-27)34-38-21-22-39-34/h3-24H,1-2H3,(H,38,39). The molecular weight excluding hydrogens is 490 g/mol. The third kappa shape index (κ3) is 3.68. The van der Waals surface area contributed by atoms with Gasteiger partial charge in [0.2, 0.25) is 0 Å². The van der Waals surface area contributed by atoms with Crippen LogP contribution in [0.15, 0.2) is 134 Å². The van der Waals surface area contributed by atoms with Gasteiger partial charge in [-0.05, 0) is 64.2 Å². The van der Waals surface area contributed by atoms with Gasteiger partial charge in [0.15, 0.2) is 0 Å². The first-order valence-electron chi connectivity index (χ1n) is 13.6. The molecule has 1 aliphatic rings. The second-order valence-electron chi connectivity index (χ2n) is 10.8. The molecule has 0 unspecified atom stereocenters. The molecule has 0 atom stereocenters. The largest absolute Gasteiger partial charge is 0.457 e. The molecule has 0 saturated carbocycles. The van der Waals surface area contributed by atoms with Gasteiger partial charge < -0.3 is 9.72 Å². The van der Waals surface area contributed by atoms with E-state index in [1.807, 2.05) is 48.8 Å². The van der Waals surface area contributed by atoms with Gasteiger partial charge in [0.25, 0.3) is 0 Å². The van der Waals surface area contributed by atoms with Crippen molar-refractivity contribution in [3.63, 3.8) is 0 Å². The number of nitrogens with one attached hydrogen (secondary N) is 1. The number of H-pyrrole nitrogens is 1. The summed E-state index contributed by atoms with van der Waals surface area (Å²) >= 11 is 0. The summed E-state index contributed by atoms with van der Waals surface area (Å²) in [4.78, 5) is 12.6. The molecule has 40 heavy (non-hydrogen) atoms. The van der Waals surface area contributed by atoms with Gasteiger partial charge in [0, 0.05) is 29.6 Å². The Labute approximate surface area is 234 Å². The Morgan fingerprint density at radius 3 is 1.90 bits per heavy atom. The van der Waals surface area contributed by atoms with E-state index in [1.165, 1.54) is 22.3 Å². The summed E-state index contributed by atoms with van der Waals surface area (Å²) in [5, 5.41) is 0. The van der Waals surface area contributed by atoms with Crippen molar-refractivity contribution in [3.8, 4) is 22.9 Å². The van der Waals surface area contributed by atoms with E-state index in [0.717, 1.165) is 34.1 Å². The van der Waals surface area contributed by atoms with Gasteiger partial charge in [0.05, 0.1) is 11.1 Å². The Bertz CT molecular complexity index is 1760. The number of aromatic nitrogens is 3. The van der Waals surface area contributed by atoms with Gasteiger partial charge in [-0.3, -0.25) is 4.98 Å². The van der Waals surface area contributed by atoms with Crippen LogP contribution in [0.4, 0.5) is 0 Å². The molecule has 7 rings (SSSR count). The van der Waals surface area contributed by atoms with Crippen molar-refractivity contribution in [1.29, 1.82) is 0 Å². The highest BCUT2D eigenvalue weighted by Gasteiger charge is 2.49. The highest BCUT2D eigenvalue weighted by molar-refractivity contribution is 5.69. The molecule has 4 nitrogen and oxygen atoms in total. The summed E-state index contributed by atoms with van der Waals surface area (Å²) in [6, 6.07) is 40.3. The van der Waals surface area contributed by atoms with Crippen molar-refractivity contribution in [1.82, 2.24) is 15.0 Å². The number of nitrogens with zero attached hydrogens (tertiary/aromatic N) is 2. The summed E-state index contributed by atoms with van der Waals surface area (Å²) in [5.74, 6) is 2.33. The molecule has 2 aromatic heterocycles. The molecule has 4 heteroatoms. The normalized spacial score (nSPS) is 14.7. The monoisotopic (exact) mass is 519 g/mol. The summed E-state index contributed by atoms with van der Waals surface area (Å²) in [5.41, 5.74) is 7.40. The van der Waals surface area contributed by atoms with E-state index >= 15 is 0 Å². The average Bonchev–Trinajstić information content (AvgIpc) is 3.54. The third-order valence-electron chi connectivity index (χ3n) is 8.17. The number of hydrogen-bond donors (Lipinski definition) is 1. The molecule has 0 radical (unpaired) electrons. The second kappa shape index (κ2) is 9.35. The second-order valence-corrected chi connectivity index (χ2v) is 10.8. The van der Waals surface area contributed by atoms with Gasteiger partial charge in [-0.2, -0.15) is 0 Å². The molecule has 0 bridgehead atoms. The lowest BCUT2D eigenvalue weighted by Gasteiger charge is -2.47. The maximum absolute atomic E-state index is 6.48. The number of benzene rings is 4. The van der Waals surface area contributed by atoms with Gasteiger partial charge in [0.1, 0.15) is 17.3 Å². The predicted octanol–water partition coefficient (Wildman–Crippen LogP) is 8.29. The molecular formula is C36H29N3O. The Kier molecular flexibility index (Phi) is 5.64. The van der Waals surface area contributed by atoms with Crippen LogP contribution in [0.5, 0.6) is 11.5 Å². The van der Waals surface area contributed by atoms with Crippen molar-refractivity contribution in [2.24, 2.45) is 0 Å². The lowest BCUT2D eigenvalue weighted by atomic mass is 9.55. The molecule has 2 heterocycles. The smallest absolute Gasteiger partial charge is 0.137 e. The molecule has 6 aromatic rings. The van der Waals surface area contributed by atoms with Gasteiger partial charge in [-0.15, -0.1) is 0 Å². The summed E-state index contributed by atoms with van der Waals surface area (Å²) in [6.07, 6.45) is 5.47. The van der Waals surface area contributed by atoms with Crippen LogP contribution in [0, 0.1) is 0 Å². The minimum absolute atomic E-state index is 0.161. The van der Waals surface area contributed by atoms with Crippen LogP contribution in [0.25, 0.3) is 11.4 Å². The Morgan fingerprint density at radius 2 is 1.25 bits per heavy atom. The lowest BCUT2D eigenvalue weighted by molar-refractivity contribution is 0.480. The topological polar surface area (TPSA) is 50.8 Å². The number of rotatable bonds is 5. The van der Waals surface area contributed by atoms with Crippen molar-refractivity contribution in [2.75, 3.05) is 0 Å². The van der Waals surface area contributed by atoms with Crippen molar-refractivity contribution < 1.29 is 4.74 Å². The minimum atomic E-state index is -0.612. The van der Waals surface area contributed by atoms with E-state index < -0.39 is 5.41 Å². The lowest BCUT2D eigenvalue weighted by Crippen LogP contribution is -2.42. The van der Waals surface area contributed by atoms with E-state index in [2.05, 4.69) is 103 Å². The Hall–Kier alpha value is -4.96. The molecule has 0 spiro atoms. The quantitative estimate of drug-likeness (QED) is 0.249. The number of ether oxygens (including phenoxy) is 1. The van der Waals surface area contributed by atoms with E-state index in [0.29, 0.717) is 0 Å². The highest BCUT2D eigenvalue weighted by Crippen LogP contribution is 2.55. The van der Waals surface area contributed by atoms with Crippen molar-refractivity contribution >= 4 is 0 Å². The fourth-order valence-corrected chi connectivity index (χ4v) is 6.38. The van der Waals surface area contributed by atoms with E-state index in [9.17, 15) is 0 Å². The van der Waals surface area contributed by atoms with E-state index in [1.54, 1.807) is 6.20 Å². The zero-order chi connectivity index (χ0) is 27.2. The van der Waals surface area contributed by atoms with Crippen molar-refractivity contribution in [3.05, 3.63) is 167 Å². The van der Waals surface area contributed by atoms with Crippen LogP contribution in [-0.2, 0) is 10.8 Å². The molecule has 0 aliphatic heterocycles. The summed E-state index contributed by atoms with van der Waals surface area (Å²) in [6.45, 7) is 4.64. The first-order valence-corrected chi connectivity index (χ1v) is 13.6. The van der Waals surface area contributed by atoms with Crippen molar-refractivity contribution in [2.45, 2.75) is 24.7 Å². The molecule has 4 aromatic carbocycles. The van der Waals surface area contributed by atoms with Crippen LogP contribution in [0.2, 0.25) is 0 Å². The molecule has 0 amide bonds. The zero-order valence-corrected chi connectivity index (χ0v) is 22.5. The molecule has 1 N–H and O–H groups in total. The van der Waals surface area contributed by atoms with Crippen LogP contribution in [0.3, 0.4) is 0 Å². The zero-order valence-electron chi connectivity index (χ0n) is 22.5. The molecule has 194 valence electrons. The van der Waals surface area contributed by atoms with Gasteiger partial charge in [-0.25, -0.2) is 4.98 Å². The van der Waals surface area contributed by atoms with Crippen LogP contribution >= 0.6 is 0 Å². The fraction of sp³-hybridized carbons (Fsp3) is 0.111. The van der Waals surface area contributed by atoms with Crippen LogP contribution in [-0.4, -0.2) is 15.0 Å². The number of aromatic amines is 1. The first-order chi connectivity index (χ1) is 19.6. The summed E-state index contributed by atoms with van der Waals surface area (Å²) in [7, 11) is 0. The predicted molar refractivity (Wildman–Crippen MR) is 159 cm³/mol. The number of pyridine rings is 1. The summed E-state index contributed by atoms with van der Waals surface area (Å²) < 4.78 is 6.48. The fourth-order valence-electron chi connectivity index (χ4n) is 6.38. The molecule has 0 fully saturated rings. The number of imidazole rings is 1. The van der Waals surface area contributed by atoms with Crippen LogP contribution in [0.1, 0.15) is 47.4 Å². The maximum Gasteiger partial charge on any atom is 0.137 e. The van der Waals surface area contributed by atoms with E-state index in [4.69, 9.17) is 9.72 Å².